The van der Waals surface area contributed by atoms with Gasteiger partial charge in [0.25, 0.3) is 0 Å². The number of hydrogen-bond donors (Lipinski definition) is 1. The molecule has 1 aromatic heterocycles. The van der Waals surface area contributed by atoms with Gasteiger partial charge in [-0.25, -0.2) is 4.39 Å². The molecule has 1 atom stereocenters. The van der Waals surface area contributed by atoms with Crippen LogP contribution in [-0.4, -0.2) is 42.8 Å². The Balaban J connectivity index is 1.39. The van der Waals surface area contributed by atoms with Crippen LogP contribution in [0.2, 0.25) is 5.02 Å². The zero-order valence-corrected chi connectivity index (χ0v) is 19.4. The van der Waals surface area contributed by atoms with Gasteiger partial charge < -0.3 is 19.7 Å². The van der Waals surface area contributed by atoms with E-state index >= 15 is 0 Å². The summed E-state index contributed by atoms with van der Waals surface area (Å²) in [6, 6.07) is 9.61. The standard InChI is InChI=1S/C22H20ClFN4O4S/c1-31-17-6-3-12(7-18(17)32-2)8-19-26-27-22(33-19)25-21(30)13-9-20(29)28(11-13)14-4-5-16(24)15(23)10-14/h3-7,10,13H,8-9,11H2,1-2H3,(H,25,27,30). The lowest BCUT2D eigenvalue weighted by molar-refractivity contribution is -0.122. The average Bonchev–Trinajstić information content (AvgIpc) is 3.41. The Morgan fingerprint density at radius 2 is 2.00 bits per heavy atom. The van der Waals surface area contributed by atoms with Crippen LogP contribution in [0.3, 0.4) is 0 Å². The Bertz CT molecular complexity index is 1200. The quantitative estimate of drug-likeness (QED) is 0.539. The van der Waals surface area contributed by atoms with Crippen molar-refractivity contribution in [3.05, 3.63) is 57.8 Å². The number of nitrogens with one attached hydrogen (secondary N) is 1. The SMILES string of the molecule is COc1ccc(Cc2nnc(NC(=O)C3CC(=O)N(c4ccc(F)c(Cl)c4)C3)s2)cc1OC. The second kappa shape index (κ2) is 9.72. The molecule has 1 aliphatic heterocycles. The van der Waals surface area contributed by atoms with E-state index in [0.29, 0.717) is 33.7 Å². The minimum absolute atomic E-state index is 0.0398. The second-order valence-corrected chi connectivity index (χ2v) is 8.83. The maximum absolute atomic E-state index is 13.4. The van der Waals surface area contributed by atoms with Crippen molar-refractivity contribution < 1.29 is 23.5 Å². The number of carbonyl (C=O) groups is 2. The largest absolute Gasteiger partial charge is 0.493 e. The molecule has 11 heteroatoms. The molecule has 1 N–H and O–H groups in total. The first-order valence-electron chi connectivity index (χ1n) is 9.97. The maximum Gasteiger partial charge on any atom is 0.231 e. The smallest absolute Gasteiger partial charge is 0.231 e. The van der Waals surface area contributed by atoms with Crippen LogP contribution >= 0.6 is 22.9 Å². The molecule has 1 unspecified atom stereocenters. The fraction of sp³-hybridized carbons (Fsp3) is 0.273. The van der Waals surface area contributed by atoms with Crippen molar-refractivity contribution >= 4 is 45.6 Å². The van der Waals surface area contributed by atoms with E-state index < -0.39 is 11.7 Å². The van der Waals surface area contributed by atoms with E-state index in [0.717, 1.165) is 5.56 Å². The molecule has 4 rings (SSSR count). The molecule has 1 aliphatic rings. The fourth-order valence-corrected chi connectivity index (χ4v) is 4.49. The lowest BCUT2D eigenvalue weighted by Gasteiger charge is -2.17. The summed E-state index contributed by atoms with van der Waals surface area (Å²) in [5.41, 5.74) is 1.41. The van der Waals surface area contributed by atoms with Gasteiger partial charge in [-0.1, -0.05) is 29.0 Å². The van der Waals surface area contributed by atoms with Crippen molar-refractivity contribution in [2.45, 2.75) is 12.8 Å². The van der Waals surface area contributed by atoms with Crippen molar-refractivity contribution in [3.8, 4) is 11.5 Å². The number of methoxy groups -OCH3 is 2. The Morgan fingerprint density at radius 1 is 1.21 bits per heavy atom. The minimum Gasteiger partial charge on any atom is -0.493 e. The van der Waals surface area contributed by atoms with Crippen molar-refractivity contribution in [3.63, 3.8) is 0 Å². The molecule has 0 radical (unpaired) electrons. The molecule has 33 heavy (non-hydrogen) atoms. The Hall–Kier alpha value is -3.24. The molecular formula is C22H20ClFN4O4S. The van der Waals surface area contributed by atoms with Crippen LogP contribution in [0.5, 0.6) is 11.5 Å². The van der Waals surface area contributed by atoms with Crippen molar-refractivity contribution in [1.82, 2.24) is 10.2 Å². The van der Waals surface area contributed by atoms with Gasteiger partial charge in [0.2, 0.25) is 16.9 Å². The summed E-state index contributed by atoms with van der Waals surface area (Å²) in [7, 11) is 3.14. The van der Waals surface area contributed by atoms with E-state index in [-0.39, 0.29) is 29.8 Å². The normalized spacial score (nSPS) is 15.6. The molecule has 0 bridgehead atoms. The molecule has 0 spiro atoms. The van der Waals surface area contributed by atoms with Crippen LogP contribution in [0.15, 0.2) is 36.4 Å². The van der Waals surface area contributed by atoms with Crippen molar-refractivity contribution in [2.24, 2.45) is 5.92 Å². The van der Waals surface area contributed by atoms with Crippen molar-refractivity contribution in [1.29, 1.82) is 0 Å². The van der Waals surface area contributed by atoms with Crippen LogP contribution < -0.4 is 19.7 Å². The minimum atomic E-state index is -0.570. The lowest BCUT2D eigenvalue weighted by atomic mass is 10.1. The zero-order chi connectivity index (χ0) is 23.5. The highest BCUT2D eigenvalue weighted by Gasteiger charge is 2.35. The Labute approximate surface area is 198 Å². The predicted octanol–water partition coefficient (Wildman–Crippen LogP) is 3.93. The molecule has 0 aliphatic carbocycles. The third-order valence-corrected chi connectivity index (χ3v) is 6.34. The van der Waals surface area contributed by atoms with Gasteiger partial charge in [-0.15, -0.1) is 10.2 Å². The lowest BCUT2D eigenvalue weighted by Crippen LogP contribution is -2.28. The monoisotopic (exact) mass is 490 g/mol. The summed E-state index contributed by atoms with van der Waals surface area (Å²) < 4.78 is 24.0. The predicted molar refractivity (Wildman–Crippen MR) is 123 cm³/mol. The van der Waals surface area contributed by atoms with Gasteiger partial charge in [0.1, 0.15) is 10.8 Å². The first-order chi connectivity index (χ1) is 15.9. The van der Waals surface area contributed by atoms with Crippen LogP contribution in [0.1, 0.15) is 17.0 Å². The van der Waals surface area contributed by atoms with Gasteiger partial charge >= 0.3 is 0 Å². The number of halogens is 2. The summed E-state index contributed by atoms with van der Waals surface area (Å²) in [4.78, 5) is 26.5. The van der Waals surface area contributed by atoms with E-state index in [1.54, 1.807) is 14.2 Å². The van der Waals surface area contributed by atoms with Crippen molar-refractivity contribution in [2.75, 3.05) is 31.0 Å². The number of amides is 2. The summed E-state index contributed by atoms with van der Waals surface area (Å²) >= 11 is 7.08. The average molecular weight is 491 g/mol. The molecule has 3 aromatic rings. The molecule has 8 nitrogen and oxygen atoms in total. The molecule has 1 fully saturated rings. The molecule has 2 heterocycles. The highest BCUT2D eigenvalue weighted by Crippen LogP contribution is 2.31. The highest BCUT2D eigenvalue weighted by atomic mass is 35.5. The Morgan fingerprint density at radius 3 is 2.73 bits per heavy atom. The number of nitrogens with zero attached hydrogens (tertiary/aromatic N) is 3. The molecule has 0 saturated carbocycles. The van der Waals surface area contributed by atoms with Crippen LogP contribution in [0, 0.1) is 11.7 Å². The molecule has 2 amide bonds. The maximum atomic E-state index is 13.4. The van der Waals surface area contributed by atoms with Crippen LogP contribution in [0.4, 0.5) is 15.2 Å². The van der Waals surface area contributed by atoms with E-state index in [9.17, 15) is 14.0 Å². The number of carbonyl (C=O) groups excluding carboxylic acids is 2. The number of aromatic nitrogens is 2. The van der Waals surface area contributed by atoms with E-state index in [1.807, 2.05) is 18.2 Å². The summed E-state index contributed by atoms with van der Waals surface area (Å²) in [5.74, 6) is -0.446. The van der Waals surface area contributed by atoms with E-state index in [4.69, 9.17) is 21.1 Å². The van der Waals surface area contributed by atoms with E-state index in [1.165, 1.54) is 34.4 Å². The van der Waals surface area contributed by atoms with Gasteiger partial charge in [-0.2, -0.15) is 0 Å². The van der Waals surface area contributed by atoms with Gasteiger partial charge in [0.05, 0.1) is 25.2 Å². The fourth-order valence-electron chi connectivity index (χ4n) is 3.53. The van der Waals surface area contributed by atoms with Gasteiger partial charge in [-0.05, 0) is 35.9 Å². The van der Waals surface area contributed by atoms with Gasteiger partial charge in [0.15, 0.2) is 11.5 Å². The molecular weight excluding hydrogens is 471 g/mol. The second-order valence-electron chi connectivity index (χ2n) is 7.36. The number of rotatable bonds is 7. The Kier molecular flexibility index (Phi) is 6.75. The first kappa shape index (κ1) is 22.9. The summed E-state index contributed by atoms with van der Waals surface area (Å²) in [5, 5.41) is 11.9. The summed E-state index contributed by atoms with van der Waals surface area (Å²) in [6.45, 7) is 0.171. The number of anilines is 2. The molecule has 2 aromatic carbocycles. The number of hydrogen-bond acceptors (Lipinski definition) is 7. The third kappa shape index (κ3) is 5.07. The van der Waals surface area contributed by atoms with E-state index in [2.05, 4.69) is 15.5 Å². The first-order valence-corrected chi connectivity index (χ1v) is 11.2. The third-order valence-electron chi connectivity index (χ3n) is 5.21. The topological polar surface area (TPSA) is 93.7 Å². The molecule has 1 saturated heterocycles. The van der Waals surface area contributed by atoms with Crippen LogP contribution in [0.25, 0.3) is 0 Å². The van der Waals surface area contributed by atoms with Gasteiger partial charge in [-0.3, -0.25) is 9.59 Å². The highest BCUT2D eigenvalue weighted by molar-refractivity contribution is 7.15. The zero-order valence-electron chi connectivity index (χ0n) is 17.8. The number of benzene rings is 2. The number of ether oxygens (including phenoxy) is 2. The van der Waals surface area contributed by atoms with Crippen LogP contribution in [-0.2, 0) is 16.0 Å². The summed E-state index contributed by atoms with van der Waals surface area (Å²) in [6.07, 6.45) is 0.549. The molecule has 172 valence electrons. The van der Waals surface area contributed by atoms with Gasteiger partial charge in [0, 0.05) is 25.1 Å².